The number of nitrogens with zero attached hydrogens (tertiary/aromatic N) is 4. The van der Waals surface area contributed by atoms with Gasteiger partial charge in [-0.05, 0) is 30.2 Å². The smallest absolute Gasteiger partial charge is 0.276 e. The summed E-state index contributed by atoms with van der Waals surface area (Å²) in [6, 6.07) is 18.3. The van der Waals surface area contributed by atoms with Crippen LogP contribution in [0.15, 0.2) is 54.6 Å². The maximum absolute atomic E-state index is 5.89. The van der Waals surface area contributed by atoms with Gasteiger partial charge >= 0.3 is 0 Å². The van der Waals surface area contributed by atoms with Crippen molar-refractivity contribution < 1.29 is 4.74 Å². The third kappa shape index (κ3) is 3.27. The predicted octanol–water partition coefficient (Wildman–Crippen LogP) is 3.20. The number of hydrogen-bond donors (Lipinski definition) is 2. The van der Waals surface area contributed by atoms with Gasteiger partial charge in [-0.25, -0.2) is 0 Å². The van der Waals surface area contributed by atoms with E-state index in [1.165, 1.54) is 0 Å². The van der Waals surface area contributed by atoms with E-state index in [1.807, 2.05) is 60.0 Å². The minimum Gasteiger partial charge on any atom is -0.477 e. The number of anilines is 1. The van der Waals surface area contributed by atoms with Crippen molar-refractivity contribution in [3.63, 3.8) is 0 Å². The quantitative estimate of drug-likeness (QED) is 0.539. The third-order valence-electron chi connectivity index (χ3n) is 4.68. The first-order valence-electron chi connectivity index (χ1n) is 9.08. The minimum atomic E-state index is 0.358. The Morgan fingerprint density at radius 2 is 1.89 bits per heavy atom. The van der Waals surface area contributed by atoms with Crippen molar-refractivity contribution in [2.75, 3.05) is 12.4 Å². The van der Waals surface area contributed by atoms with Gasteiger partial charge in [-0.1, -0.05) is 42.5 Å². The number of aryl methyl sites for hydroxylation is 1. The minimum absolute atomic E-state index is 0.358. The molecule has 4 aromatic rings. The summed E-state index contributed by atoms with van der Waals surface area (Å²) in [4.78, 5) is 4.69. The summed E-state index contributed by atoms with van der Waals surface area (Å²) in [7, 11) is 1.56. The molecule has 4 rings (SSSR count). The number of hydrogen-bond acceptors (Lipinski definition) is 6. The molecule has 0 unspecified atom stereocenters. The second-order valence-corrected chi connectivity index (χ2v) is 6.48. The largest absolute Gasteiger partial charge is 0.477 e. The number of rotatable bonds is 6. The van der Waals surface area contributed by atoms with Crippen LogP contribution in [0.3, 0.4) is 0 Å². The van der Waals surface area contributed by atoms with Gasteiger partial charge < -0.3 is 15.8 Å². The average Bonchev–Trinajstić information content (AvgIpc) is 3.08. The molecule has 0 saturated carbocycles. The van der Waals surface area contributed by atoms with E-state index in [0.717, 1.165) is 27.7 Å². The number of fused-ring (bicyclic) bond motifs is 1. The molecular weight excluding hydrogens is 352 g/mol. The van der Waals surface area contributed by atoms with Gasteiger partial charge in [0.05, 0.1) is 12.6 Å². The van der Waals surface area contributed by atoms with Crippen LogP contribution in [0, 0.1) is 6.92 Å². The van der Waals surface area contributed by atoms with Crippen molar-refractivity contribution in [3.05, 3.63) is 71.4 Å². The fraction of sp³-hybridized carbons (Fsp3) is 0.190. The average molecular weight is 374 g/mol. The van der Waals surface area contributed by atoms with Crippen molar-refractivity contribution in [2.24, 2.45) is 5.73 Å². The number of aromatic nitrogens is 4. The first kappa shape index (κ1) is 17.9. The van der Waals surface area contributed by atoms with Gasteiger partial charge in [0.2, 0.25) is 0 Å². The highest BCUT2D eigenvalue weighted by Gasteiger charge is 2.16. The molecule has 28 heavy (non-hydrogen) atoms. The molecule has 0 atom stereocenters. The summed E-state index contributed by atoms with van der Waals surface area (Å²) in [5.41, 5.74) is 10.1. The molecule has 2 aromatic heterocycles. The van der Waals surface area contributed by atoms with Crippen LogP contribution in [0.25, 0.3) is 16.9 Å². The Morgan fingerprint density at radius 3 is 2.64 bits per heavy atom. The summed E-state index contributed by atoms with van der Waals surface area (Å²) in [5, 5.41) is 12.9. The Bertz CT molecular complexity index is 1110. The maximum atomic E-state index is 5.89. The monoisotopic (exact) mass is 374 g/mol. The molecular formula is C21H22N6O. The molecule has 0 radical (unpaired) electrons. The molecule has 0 bridgehead atoms. The highest BCUT2D eigenvalue weighted by Crippen LogP contribution is 2.27. The van der Waals surface area contributed by atoms with Crippen LogP contribution in [-0.4, -0.2) is 26.9 Å². The van der Waals surface area contributed by atoms with E-state index in [2.05, 4.69) is 26.6 Å². The molecule has 7 nitrogen and oxygen atoms in total. The molecule has 0 aliphatic heterocycles. The lowest BCUT2D eigenvalue weighted by Crippen LogP contribution is -2.11. The number of nitrogens with two attached hydrogens (primary N) is 1. The van der Waals surface area contributed by atoms with Crippen LogP contribution in [0.2, 0.25) is 0 Å². The summed E-state index contributed by atoms with van der Waals surface area (Å²) < 4.78 is 7.32. The van der Waals surface area contributed by atoms with Crippen LogP contribution in [-0.2, 0) is 13.1 Å². The number of methoxy groups -OCH3 is 1. The maximum Gasteiger partial charge on any atom is 0.276 e. The Kier molecular flexibility index (Phi) is 4.90. The standard InChI is InChI=1S/C21H22N6O/c1-14-11-17-16(12-22)9-6-10-18(17)27(14)21-24-19(20(28-2)25-26-21)23-13-15-7-4-3-5-8-15/h3-11H,12-13,22H2,1-2H3,(H,23,24,26). The molecule has 0 spiro atoms. The van der Waals surface area contributed by atoms with Gasteiger partial charge in [0.25, 0.3) is 11.8 Å². The summed E-state index contributed by atoms with van der Waals surface area (Å²) >= 11 is 0. The van der Waals surface area contributed by atoms with Crippen LogP contribution >= 0.6 is 0 Å². The highest BCUT2D eigenvalue weighted by molar-refractivity contribution is 5.86. The second kappa shape index (κ2) is 7.66. The summed E-state index contributed by atoms with van der Waals surface area (Å²) in [5.74, 6) is 1.39. The van der Waals surface area contributed by atoms with E-state index in [9.17, 15) is 0 Å². The van der Waals surface area contributed by atoms with Gasteiger partial charge in [0.1, 0.15) is 0 Å². The number of nitrogens with one attached hydrogen (secondary N) is 1. The second-order valence-electron chi connectivity index (χ2n) is 6.48. The first-order chi connectivity index (χ1) is 13.7. The number of ether oxygens (including phenoxy) is 1. The van der Waals surface area contributed by atoms with Crippen molar-refractivity contribution in [3.8, 4) is 11.8 Å². The SMILES string of the molecule is COc1nnc(-n2c(C)cc3c(CN)cccc32)nc1NCc1ccccc1. The van der Waals surface area contributed by atoms with Crippen LogP contribution < -0.4 is 15.8 Å². The molecule has 0 amide bonds. The summed E-state index contributed by atoms with van der Waals surface area (Å²) in [6.07, 6.45) is 0. The van der Waals surface area contributed by atoms with Crippen molar-refractivity contribution >= 4 is 16.7 Å². The van der Waals surface area contributed by atoms with Gasteiger partial charge in [0, 0.05) is 24.2 Å². The first-order valence-corrected chi connectivity index (χ1v) is 9.08. The Hall–Kier alpha value is -3.45. The fourth-order valence-electron chi connectivity index (χ4n) is 3.30. The lowest BCUT2D eigenvalue weighted by atomic mass is 10.1. The van der Waals surface area contributed by atoms with Crippen LogP contribution in [0.4, 0.5) is 5.82 Å². The summed E-state index contributed by atoms with van der Waals surface area (Å²) in [6.45, 7) is 3.11. The predicted molar refractivity (Wildman–Crippen MR) is 110 cm³/mol. The van der Waals surface area contributed by atoms with E-state index < -0.39 is 0 Å². The lowest BCUT2D eigenvalue weighted by molar-refractivity contribution is 0.391. The lowest BCUT2D eigenvalue weighted by Gasteiger charge is -2.12. The molecule has 0 saturated heterocycles. The third-order valence-corrected chi connectivity index (χ3v) is 4.68. The zero-order valence-corrected chi connectivity index (χ0v) is 15.9. The fourth-order valence-corrected chi connectivity index (χ4v) is 3.30. The van der Waals surface area contributed by atoms with Crippen molar-refractivity contribution in [1.29, 1.82) is 0 Å². The molecule has 0 aliphatic carbocycles. The van der Waals surface area contributed by atoms with Gasteiger partial charge in [-0.15, -0.1) is 10.2 Å². The molecule has 0 fully saturated rings. The molecule has 142 valence electrons. The van der Waals surface area contributed by atoms with E-state index in [-0.39, 0.29) is 0 Å². The van der Waals surface area contributed by atoms with Gasteiger partial charge in [-0.2, -0.15) is 4.98 Å². The Morgan fingerprint density at radius 1 is 1.07 bits per heavy atom. The zero-order valence-electron chi connectivity index (χ0n) is 15.9. The van der Waals surface area contributed by atoms with Crippen LogP contribution in [0.1, 0.15) is 16.8 Å². The van der Waals surface area contributed by atoms with E-state index >= 15 is 0 Å². The molecule has 3 N–H and O–H groups in total. The van der Waals surface area contributed by atoms with Crippen molar-refractivity contribution in [1.82, 2.24) is 19.7 Å². The normalized spacial score (nSPS) is 11.0. The topological polar surface area (TPSA) is 90.9 Å². The van der Waals surface area contributed by atoms with E-state index in [4.69, 9.17) is 10.5 Å². The van der Waals surface area contributed by atoms with E-state index in [1.54, 1.807) is 7.11 Å². The van der Waals surface area contributed by atoms with Crippen molar-refractivity contribution in [2.45, 2.75) is 20.0 Å². The zero-order chi connectivity index (χ0) is 19.5. The van der Waals surface area contributed by atoms with Crippen LogP contribution in [0.5, 0.6) is 5.88 Å². The molecule has 0 aliphatic rings. The van der Waals surface area contributed by atoms with Gasteiger partial charge in [0.15, 0.2) is 5.82 Å². The molecule has 2 aromatic carbocycles. The van der Waals surface area contributed by atoms with E-state index in [0.29, 0.717) is 30.7 Å². The Labute approximate surface area is 163 Å². The Balaban J connectivity index is 1.75. The number of benzene rings is 2. The highest BCUT2D eigenvalue weighted by atomic mass is 16.5. The van der Waals surface area contributed by atoms with Gasteiger partial charge in [-0.3, -0.25) is 4.57 Å². The molecule has 2 heterocycles. The molecule has 7 heteroatoms.